The Bertz CT molecular complexity index is 383. The first-order valence-corrected chi connectivity index (χ1v) is 7.53. The van der Waals surface area contributed by atoms with E-state index in [-0.39, 0.29) is 0 Å². The van der Waals surface area contributed by atoms with Gasteiger partial charge in [-0.15, -0.1) is 0 Å². The molecule has 1 saturated carbocycles. The summed E-state index contributed by atoms with van der Waals surface area (Å²) in [6.45, 7) is 4.65. The van der Waals surface area contributed by atoms with Gasteiger partial charge in [0.1, 0.15) is 0 Å². The van der Waals surface area contributed by atoms with Gasteiger partial charge in [0.05, 0.1) is 0 Å². The van der Waals surface area contributed by atoms with E-state index in [2.05, 4.69) is 19.2 Å². The quantitative estimate of drug-likeness (QED) is 0.760. The first kappa shape index (κ1) is 14.0. The third-order valence-electron chi connectivity index (χ3n) is 3.89. The van der Waals surface area contributed by atoms with Crippen molar-refractivity contribution in [2.24, 2.45) is 11.8 Å². The van der Waals surface area contributed by atoms with Crippen molar-refractivity contribution >= 4 is 28.9 Å². The summed E-state index contributed by atoms with van der Waals surface area (Å²) in [6, 6.07) is 6.23. The topological polar surface area (TPSA) is 12.0 Å². The van der Waals surface area contributed by atoms with Gasteiger partial charge in [-0.05, 0) is 42.9 Å². The predicted molar refractivity (Wildman–Crippen MR) is 80.7 cm³/mol. The van der Waals surface area contributed by atoms with Gasteiger partial charge in [-0.1, -0.05) is 49.9 Å². The summed E-state index contributed by atoms with van der Waals surface area (Å²) < 4.78 is 0. The first-order valence-electron chi connectivity index (χ1n) is 6.77. The summed E-state index contributed by atoms with van der Waals surface area (Å²) >= 11 is 12.0. The number of halogens is 2. The molecule has 2 atom stereocenters. The largest absolute Gasteiger partial charge is 0.382 e. The van der Waals surface area contributed by atoms with E-state index < -0.39 is 0 Å². The molecule has 18 heavy (non-hydrogen) atoms. The van der Waals surface area contributed by atoms with Crippen molar-refractivity contribution in [3.63, 3.8) is 0 Å². The average molecular weight is 286 g/mol. The molecular weight excluding hydrogens is 265 g/mol. The van der Waals surface area contributed by atoms with Gasteiger partial charge in [-0.3, -0.25) is 0 Å². The molecule has 0 spiro atoms. The maximum Gasteiger partial charge on any atom is 0.0441 e. The fourth-order valence-corrected chi connectivity index (χ4v) is 3.36. The minimum absolute atomic E-state index is 0.556. The molecular formula is C15H21Cl2N. The average Bonchev–Trinajstić information content (AvgIpc) is 2.27. The summed E-state index contributed by atoms with van der Waals surface area (Å²) in [4.78, 5) is 0. The summed E-state index contributed by atoms with van der Waals surface area (Å²) in [5.74, 6) is 1.61. The maximum absolute atomic E-state index is 6.02. The zero-order valence-corrected chi connectivity index (χ0v) is 12.6. The smallest absolute Gasteiger partial charge is 0.0441 e. The van der Waals surface area contributed by atoms with Gasteiger partial charge in [-0.25, -0.2) is 0 Å². The number of rotatable bonds is 3. The molecule has 0 aliphatic heterocycles. The van der Waals surface area contributed by atoms with Crippen molar-refractivity contribution in [1.82, 2.24) is 0 Å². The van der Waals surface area contributed by atoms with Crippen LogP contribution in [0.1, 0.15) is 39.5 Å². The van der Waals surface area contributed by atoms with Crippen molar-refractivity contribution in [2.75, 3.05) is 5.32 Å². The third kappa shape index (κ3) is 3.80. The number of hydrogen-bond donors (Lipinski definition) is 1. The lowest BCUT2D eigenvalue weighted by atomic mass is 9.79. The number of benzene rings is 1. The molecule has 2 unspecified atom stereocenters. The third-order valence-corrected chi connectivity index (χ3v) is 4.33. The molecule has 100 valence electrons. The van der Waals surface area contributed by atoms with Crippen LogP contribution in [-0.2, 0) is 0 Å². The lowest BCUT2D eigenvalue weighted by Crippen LogP contribution is -2.29. The Morgan fingerprint density at radius 2 is 1.78 bits per heavy atom. The van der Waals surface area contributed by atoms with E-state index in [0.29, 0.717) is 16.1 Å². The molecule has 1 aromatic carbocycles. The van der Waals surface area contributed by atoms with Crippen molar-refractivity contribution in [2.45, 2.75) is 45.6 Å². The van der Waals surface area contributed by atoms with Gasteiger partial charge >= 0.3 is 0 Å². The molecule has 0 amide bonds. The molecule has 0 saturated heterocycles. The molecule has 0 aromatic heterocycles. The van der Waals surface area contributed by atoms with Gasteiger partial charge in [0.15, 0.2) is 0 Å². The first-order chi connectivity index (χ1) is 8.54. The van der Waals surface area contributed by atoms with Crippen LogP contribution in [-0.4, -0.2) is 6.04 Å². The van der Waals surface area contributed by atoms with Crippen molar-refractivity contribution < 1.29 is 0 Å². The maximum atomic E-state index is 6.02. The van der Waals surface area contributed by atoms with Crippen molar-refractivity contribution in [3.05, 3.63) is 28.2 Å². The molecule has 1 N–H and O–H groups in total. The van der Waals surface area contributed by atoms with Crippen LogP contribution < -0.4 is 5.32 Å². The SMILES string of the molecule is CC(C)C1CCCC(Nc2cc(Cl)cc(Cl)c2)C1. The highest BCUT2D eigenvalue weighted by atomic mass is 35.5. The van der Waals surface area contributed by atoms with Gasteiger partial charge < -0.3 is 5.32 Å². The van der Waals surface area contributed by atoms with Gasteiger partial charge in [0, 0.05) is 21.8 Å². The highest BCUT2D eigenvalue weighted by molar-refractivity contribution is 6.35. The van der Waals surface area contributed by atoms with Crippen LogP contribution in [0.2, 0.25) is 10.0 Å². The Morgan fingerprint density at radius 3 is 2.39 bits per heavy atom. The molecule has 0 heterocycles. The number of hydrogen-bond acceptors (Lipinski definition) is 1. The minimum atomic E-state index is 0.556. The van der Waals surface area contributed by atoms with Crippen LogP contribution in [0.4, 0.5) is 5.69 Å². The number of anilines is 1. The van der Waals surface area contributed by atoms with Crippen LogP contribution >= 0.6 is 23.2 Å². The van der Waals surface area contributed by atoms with Crippen LogP contribution in [0.15, 0.2) is 18.2 Å². The van der Waals surface area contributed by atoms with E-state index in [4.69, 9.17) is 23.2 Å². The Labute approximate surface area is 120 Å². The molecule has 1 fully saturated rings. The van der Waals surface area contributed by atoms with Crippen molar-refractivity contribution in [3.8, 4) is 0 Å². The second-order valence-electron chi connectivity index (χ2n) is 5.67. The monoisotopic (exact) mass is 285 g/mol. The highest BCUT2D eigenvalue weighted by Crippen LogP contribution is 2.32. The lowest BCUT2D eigenvalue weighted by Gasteiger charge is -2.32. The molecule has 1 aliphatic carbocycles. The van der Waals surface area contributed by atoms with Gasteiger partial charge in [0.25, 0.3) is 0 Å². The van der Waals surface area contributed by atoms with Crippen LogP contribution in [0, 0.1) is 11.8 Å². The van der Waals surface area contributed by atoms with Crippen LogP contribution in [0.5, 0.6) is 0 Å². The van der Waals surface area contributed by atoms with Crippen LogP contribution in [0.3, 0.4) is 0 Å². The summed E-state index contributed by atoms with van der Waals surface area (Å²) in [7, 11) is 0. The Balaban J connectivity index is 2.00. The molecule has 0 radical (unpaired) electrons. The molecule has 3 heteroatoms. The molecule has 2 rings (SSSR count). The standard InChI is InChI=1S/C15H21Cl2N/c1-10(2)11-4-3-5-14(6-11)18-15-8-12(16)7-13(17)9-15/h7-11,14,18H,3-6H2,1-2H3. The second kappa shape index (κ2) is 6.16. The summed E-state index contributed by atoms with van der Waals surface area (Å²) in [5, 5.41) is 4.97. The van der Waals surface area contributed by atoms with E-state index >= 15 is 0 Å². The molecule has 1 aromatic rings. The highest BCUT2D eigenvalue weighted by Gasteiger charge is 2.23. The van der Waals surface area contributed by atoms with E-state index in [0.717, 1.165) is 17.5 Å². The summed E-state index contributed by atoms with van der Waals surface area (Å²) in [6.07, 6.45) is 5.18. The zero-order chi connectivity index (χ0) is 13.1. The van der Waals surface area contributed by atoms with E-state index in [9.17, 15) is 0 Å². The lowest BCUT2D eigenvalue weighted by molar-refractivity contribution is 0.264. The van der Waals surface area contributed by atoms with E-state index in [1.54, 1.807) is 6.07 Å². The molecule has 1 aliphatic rings. The predicted octanol–water partition coefficient (Wildman–Crippen LogP) is 5.62. The van der Waals surface area contributed by atoms with Gasteiger partial charge in [-0.2, -0.15) is 0 Å². The molecule has 1 nitrogen and oxygen atoms in total. The van der Waals surface area contributed by atoms with Gasteiger partial charge in [0.2, 0.25) is 0 Å². The Hall–Kier alpha value is -0.400. The Kier molecular flexibility index (Phi) is 4.80. The van der Waals surface area contributed by atoms with E-state index in [1.165, 1.54) is 25.7 Å². The molecule has 0 bridgehead atoms. The fourth-order valence-electron chi connectivity index (χ4n) is 2.84. The number of nitrogens with one attached hydrogen (secondary N) is 1. The van der Waals surface area contributed by atoms with E-state index in [1.807, 2.05) is 12.1 Å². The zero-order valence-electron chi connectivity index (χ0n) is 11.0. The second-order valence-corrected chi connectivity index (χ2v) is 6.54. The fraction of sp³-hybridized carbons (Fsp3) is 0.600. The Morgan fingerprint density at radius 1 is 1.11 bits per heavy atom. The van der Waals surface area contributed by atoms with Crippen molar-refractivity contribution in [1.29, 1.82) is 0 Å². The normalized spacial score (nSPS) is 24.3. The summed E-state index contributed by atoms with van der Waals surface area (Å²) in [5.41, 5.74) is 1.04. The minimum Gasteiger partial charge on any atom is -0.382 e. The van der Waals surface area contributed by atoms with Crippen LogP contribution in [0.25, 0.3) is 0 Å².